The SMILES string of the molecule is O=C(O)c1cc(S(=O)(=O)Nc2nccc(Cl)n2)ccc1O. The molecule has 0 bridgehead atoms. The van der Waals surface area contributed by atoms with Gasteiger partial charge in [-0.1, -0.05) is 11.6 Å². The molecule has 8 nitrogen and oxygen atoms in total. The summed E-state index contributed by atoms with van der Waals surface area (Å²) in [6.45, 7) is 0. The Balaban J connectivity index is 2.40. The number of benzene rings is 1. The Bertz CT molecular complexity index is 809. The Labute approximate surface area is 124 Å². The molecule has 2 rings (SSSR count). The van der Waals surface area contributed by atoms with Crippen molar-refractivity contribution in [1.29, 1.82) is 0 Å². The van der Waals surface area contributed by atoms with E-state index >= 15 is 0 Å². The molecule has 0 spiro atoms. The molecule has 0 atom stereocenters. The summed E-state index contributed by atoms with van der Waals surface area (Å²) in [7, 11) is -4.11. The van der Waals surface area contributed by atoms with Crippen molar-refractivity contribution in [2.45, 2.75) is 4.90 Å². The molecule has 1 aromatic carbocycles. The average Bonchev–Trinajstić information content (AvgIpc) is 2.38. The van der Waals surface area contributed by atoms with Crippen LogP contribution in [0.1, 0.15) is 10.4 Å². The number of hydrogen-bond acceptors (Lipinski definition) is 6. The maximum absolute atomic E-state index is 12.1. The molecule has 0 amide bonds. The average molecular weight is 330 g/mol. The molecule has 0 saturated heterocycles. The molecular weight excluding hydrogens is 322 g/mol. The molecule has 2 aromatic rings. The first-order chi connectivity index (χ1) is 9.79. The van der Waals surface area contributed by atoms with Crippen LogP contribution in [0, 0.1) is 0 Å². The molecule has 10 heteroatoms. The minimum atomic E-state index is -4.11. The zero-order valence-corrected chi connectivity index (χ0v) is 11.8. The van der Waals surface area contributed by atoms with E-state index in [2.05, 4.69) is 14.7 Å². The van der Waals surface area contributed by atoms with Gasteiger partial charge in [0, 0.05) is 6.20 Å². The van der Waals surface area contributed by atoms with Crippen LogP contribution in [-0.4, -0.2) is 34.6 Å². The van der Waals surface area contributed by atoms with Crippen LogP contribution in [-0.2, 0) is 10.0 Å². The zero-order chi connectivity index (χ0) is 15.6. The number of aromatic carboxylic acids is 1. The summed E-state index contributed by atoms with van der Waals surface area (Å²) >= 11 is 5.61. The molecule has 0 saturated carbocycles. The molecule has 110 valence electrons. The van der Waals surface area contributed by atoms with Crippen LogP contribution in [0.4, 0.5) is 5.95 Å². The van der Waals surface area contributed by atoms with Crippen molar-refractivity contribution in [2.24, 2.45) is 0 Å². The number of aromatic nitrogens is 2. The molecule has 0 unspecified atom stereocenters. The summed E-state index contributed by atoms with van der Waals surface area (Å²) < 4.78 is 26.2. The maximum Gasteiger partial charge on any atom is 0.339 e. The van der Waals surface area contributed by atoms with Gasteiger partial charge < -0.3 is 10.2 Å². The van der Waals surface area contributed by atoms with Gasteiger partial charge in [0.05, 0.1) is 4.90 Å². The fourth-order valence-electron chi connectivity index (χ4n) is 1.42. The summed E-state index contributed by atoms with van der Waals surface area (Å²) in [6.07, 6.45) is 1.26. The van der Waals surface area contributed by atoms with Gasteiger partial charge in [0.1, 0.15) is 16.5 Å². The van der Waals surface area contributed by atoms with E-state index in [-0.39, 0.29) is 16.0 Å². The quantitative estimate of drug-likeness (QED) is 0.721. The lowest BCUT2D eigenvalue weighted by atomic mass is 10.2. The van der Waals surface area contributed by atoms with Crippen LogP contribution < -0.4 is 4.72 Å². The molecule has 1 aromatic heterocycles. The van der Waals surface area contributed by atoms with E-state index in [1.807, 2.05) is 0 Å². The smallest absolute Gasteiger partial charge is 0.339 e. The summed E-state index contributed by atoms with van der Waals surface area (Å²) in [5, 5.41) is 18.3. The van der Waals surface area contributed by atoms with Gasteiger partial charge in [-0.25, -0.2) is 27.9 Å². The highest BCUT2D eigenvalue weighted by atomic mass is 35.5. The van der Waals surface area contributed by atoms with Crippen LogP contribution in [0.15, 0.2) is 35.4 Å². The van der Waals surface area contributed by atoms with Crippen LogP contribution in [0.3, 0.4) is 0 Å². The number of carboxylic acids is 1. The highest BCUT2D eigenvalue weighted by molar-refractivity contribution is 7.92. The minimum absolute atomic E-state index is 0.0413. The third-order valence-electron chi connectivity index (χ3n) is 2.36. The van der Waals surface area contributed by atoms with Gasteiger partial charge >= 0.3 is 5.97 Å². The number of halogens is 1. The number of carboxylic acid groups (broad SMARTS) is 1. The first-order valence-corrected chi connectivity index (χ1v) is 7.23. The van der Waals surface area contributed by atoms with Gasteiger partial charge in [-0.3, -0.25) is 0 Å². The van der Waals surface area contributed by atoms with E-state index < -0.39 is 27.3 Å². The highest BCUT2D eigenvalue weighted by Crippen LogP contribution is 2.22. The number of phenols is 1. The molecule has 1 heterocycles. The molecule has 0 aliphatic carbocycles. The van der Waals surface area contributed by atoms with Gasteiger partial charge in [0.25, 0.3) is 10.0 Å². The van der Waals surface area contributed by atoms with E-state index in [9.17, 15) is 18.3 Å². The largest absolute Gasteiger partial charge is 0.507 e. The van der Waals surface area contributed by atoms with Crippen LogP contribution >= 0.6 is 11.6 Å². The molecule has 0 aliphatic rings. The summed E-state index contributed by atoms with van der Waals surface area (Å²) in [5.74, 6) is -2.25. The van der Waals surface area contributed by atoms with Gasteiger partial charge in [-0.05, 0) is 24.3 Å². The predicted octanol–water partition coefficient (Wildman–Crippen LogP) is 1.33. The number of nitrogens with one attached hydrogen (secondary N) is 1. The van der Waals surface area contributed by atoms with Crippen molar-refractivity contribution in [3.8, 4) is 5.75 Å². The highest BCUT2D eigenvalue weighted by Gasteiger charge is 2.20. The predicted molar refractivity (Wildman–Crippen MR) is 72.9 cm³/mol. The topological polar surface area (TPSA) is 129 Å². The Morgan fingerprint density at radius 3 is 2.62 bits per heavy atom. The Hall–Kier alpha value is -2.39. The second kappa shape index (κ2) is 5.54. The standard InChI is InChI=1S/C11H8ClN3O5S/c12-9-3-4-13-11(14-9)15-21(19,20)6-1-2-8(16)7(5-6)10(17)18/h1-5,16H,(H,17,18)(H,13,14,15). The van der Waals surface area contributed by atoms with Crippen LogP contribution in [0.2, 0.25) is 5.15 Å². The second-order valence-corrected chi connectivity index (χ2v) is 5.86. The number of rotatable bonds is 4. The second-order valence-electron chi connectivity index (χ2n) is 3.79. The zero-order valence-electron chi connectivity index (χ0n) is 10.2. The van der Waals surface area contributed by atoms with Crippen LogP contribution in [0.5, 0.6) is 5.75 Å². The van der Waals surface area contributed by atoms with E-state index in [1.54, 1.807) is 0 Å². The Morgan fingerprint density at radius 1 is 1.29 bits per heavy atom. The number of aromatic hydroxyl groups is 1. The van der Waals surface area contributed by atoms with Crippen molar-refractivity contribution in [2.75, 3.05) is 4.72 Å². The molecule has 3 N–H and O–H groups in total. The van der Waals surface area contributed by atoms with E-state index in [1.165, 1.54) is 12.3 Å². The van der Waals surface area contributed by atoms with Crippen molar-refractivity contribution >= 4 is 33.5 Å². The van der Waals surface area contributed by atoms with Crippen LogP contribution in [0.25, 0.3) is 0 Å². The van der Waals surface area contributed by atoms with Gasteiger partial charge in [0.2, 0.25) is 5.95 Å². The third kappa shape index (κ3) is 3.38. The number of hydrogen-bond donors (Lipinski definition) is 3. The molecule has 0 radical (unpaired) electrons. The first kappa shape index (κ1) is 15.0. The van der Waals surface area contributed by atoms with E-state index in [0.717, 1.165) is 18.2 Å². The van der Waals surface area contributed by atoms with Gasteiger partial charge in [0.15, 0.2) is 0 Å². The number of sulfonamides is 1. The molecular formula is C11H8ClN3O5S. The Morgan fingerprint density at radius 2 is 2.00 bits per heavy atom. The molecule has 21 heavy (non-hydrogen) atoms. The lowest BCUT2D eigenvalue weighted by Gasteiger charge is -2.08. The fraction of sp³-hybridized carbons (Fsp3) is 0. The van der Waals surface area contributed by atoms with E-state index in [4.69, 9.17) is 16.7 Å². The monoisotopic (exact) mass is 329 g/mol. The van der Waals surface area contributed by atoms with Crippen molar-refractivity contribution in [3.05, 3.63) is 41.2 Å². The first-order valence-electron chi connectivity index (χ1n) is 5.37. The molecule has 0 fully saturated rings. The fourth-order valence-corrected chi connectivity index (χ4v) is 2.53. The van der Waals surface area contributed by atoms with E-state index in [0.29, 0.717) is 0 Å². The summed E-state index contributed by atoms with van der Waals surface area (Å²) in [5.41, 5.74) is -0.537. The van der Waals surface area contributed by atoms with Crippen molar-refractivity contribution in [3.63, 3.8) is 0 Å². The van der Waals surface area contributed by atoms with Crippen molar-refractivity contribution < 1.29 is 23.4 Å². The number of nitrogens with zero attached hydrogens (tertiary/aromatic N) is 2. The normalized spacial score (nSPS) is 11.1. The summed E-state index contributed by atoms with van der Waals surface area (Å²) in [6, 6.07) is 4.21. The van der Waals surface area contributed by atoms with Crippen molar-refractivity contribution in [1.82, 2.24) is 9.97 Å². The van der Waals surface area contributed by atoms with Gasteiger partial charge in [-0.15, -0.1) is 0 Å². The molecule has 0 aliphatic heterocycles. The summed E-state index contributed by atoms with van der Waals surface area (Å²) in [4.78, 5) is 17.9. The number of carbonyl (C=O) groups is 1. The lowest BCUT2D eigenvalue weighted by Crippen LogP contribution is -2.15. The minimum Gasteiger partial charge on any atom is -0.507 e. The lowest BCUT2D eigenvalue weighted by molar-refractivity contribution is 0.0693. The van der Waals surface area contributed by atoms with Gasteiger partial charge in [-0.2, -0.15) is 0 Å². The number of anilines is 1. The third-order valence-corrected chi connectivity index (χ3v) is 3.89. The maximum atomic E-state index is 12.1. The Kier molecular flexibility index (Phi) is 3.96.